The van der Waals surface area contributed by atoms with Crippen molar-refractivity contribution >= 4 is 17.9 Å². The predicted octanol–water partition coefficient (Wildman–Crippen LogP) is 1.02. The van der Waals surface area contributed by atoms with Crippen LogP contribution in [0, 0.1) is 0 Å². The van der Waals surface area contributed by atoms with Crippen LogP contribution in [0.3, 0.4) is 0 Å². The molecule has 0 aromatic heterocycles. The van der Waals surface area contributed by atoms with Crippen molar-refractivity contribution in [2.24, 2.45) is 0 Å². The fourth-order valence-corrected chi connectivity index (χ4v) is 1.14. The number of rotatable bonds is 2. The molecule has 1 heteroatoms. The fourth-order valence-electron chi connectivity index (χ4n) is 1.14. The Balaban J connectivity index is 3.45. The molecule has 0 N–H and O–H groups in total. The number of carbonyl (C=O) groups excluding carboxylic acids is 1. The van der Waals surface area contributed by atoms with Crippen molar-refractivity contribution in [3.63, 3.8) is 0 Å². The first-order valence-electron chi connectivity index (χ1n) is 4.14. The Bertz CT molecular complexity index is 427. The molecule has 0 heterocycles. The predicted molar refractivity (Wildman–Crippen MR) is 55.5 cm³/mol. The van der Waals surface area contributed by atoms with Crippen molar-refractivity contribution in [3.05, 3.63) is 47.4 Å². The summed E-state index contributed by atoms with van der Waals surface area (Å²) in [5.74, 6) is 0.0601. The van der Waals surface area contributed by atoms with Crippen LogP contribution in [0.1, 0.15) is 6.92 Å². The molecule has 0 unspecified atom stereocenters. The molecule has 1 nitrogen and oxygen atoms in total. The Hall–Kier alpha value is -1.63. The van der Waals surface area contributed by atoms with E-state index in [1.54, 1.807) is 19.1 Å². The van der Waals surface area contributed by atoms with Gasteiger partial charge in [-0.2, -0.15) is 0 Å². The summed E-state index contributed by atoms with van der Waals surface area (Å²) < 4.78 is 0. The average molecular weight is 172 g/mol. The van der Waals surface area contributed by atoms with Crippen molar-refractivity contribution in [1.82, 2.24) is 0 Å². The summed E-state index contributed by atoms with van der Waals surface area (Å²) in [5, 5.41) is 1.96. The van der Waals surface area contributed by atoms with Gasteiger partial charge in [-0.3, -0.25) is 4.79 Å². The van der Waals surface area contributed by atoms with Crippen LogP contribution in [0.2, 0.25) is 0 Å². The third-order valence-corrected chi connectivity index (χ3v) is 1.65. The van der Waals surface area contributed by atoms with Gasteiger partial charge in [-0.25, -0.2) is 0 Å². The van der Waals surface area contributed by atoms with Gasteiger partial charge in [0.15, 0.2) is 5.78 Å². The highest BCUT2D eigenvalue weighted by Gasteiger charge is 1.85. The van der Waals surface area contributed by atoms with E-state index in [2.05, 4.69) is 6.58 Å². The molecule has 0 fully saturated rings. The molecule has 0 amide bonds. The highest BCUT2D eigenvalue weighted by Crippen LogP contribution is 1.75. The van der Waals surface area contributed by atoms with Crippen molar-refractivity contribution in [1.29, 1.82) is 0 Å². The lowest BCUT2D eigenvalue weighted by molar-refractivity contribution is -0.111. The monoisotopic (exact) mass is 172 g/mol. The molecule has 0 bridgehead atoms. The molecule has 0 radical (unpaired) electrons. The van der Waals surface area contributed by atoms with Crippen LogP contribution in [-0.2, 0) is 4.79 Å². The summed E-state index contributed by atoms with van der Waals surface area (Å²) in [5.41, 5.74) is 0. The zero-order chi connectivity index (χ0) is 9.68. The Morgan fingerprint density at radius 3 is 2.46 bits per heavy atom. The fraction of sp³-hybridized carbons (Fsp3) is 0.0833. The standard InChI is InChI=1S/C12H12O/c1-3-6-11-7-4-5-8-12(11)9-10(2)13/h3-9H,1H2,2H3/b11-6-,12-9+. The largest absolute Gasteiger partial charge is 0.295 e. The van der Waals surface area contributed by atoms with E-state index >= 15 is 0 Å². The smallest absolute Gasteiger partial charge is 0.153 e. The van der Waals surface area contributed by atoms with Crippen LogP contribution in [0.4, 0.5) is 0 Å². The second-order valence-electron chi connectivity index (χ2n) is 2.79. The SMILES string of the molecule is C=C/C=c1/cccc/c1=C\C(C)=O. The summed E-state index contributed by atoms with van der Waals surface area (Å²) in [7, 11) is 0. The molecular weight excluding hydrogens is 160 g/mol. The molecule has 1 rings (SSSR count). The van der Waals surface area contributed by atoms with Gasteiger partial charge < -0.3 is 0 Å². The lowest BCUT2D eigenvalue weighted by Crippen LogP contribution is -2.24. The molecule has 1 aromatic rings. The van der Waals surface area contributed by atoms with Crippen molar-refractivity contribution in [2.45, 2.75) is 6.92 Å². The molecule has 66 valence electrons. The summed E-state index contributed by atoms with van der Waals surface area (Å²) in [6.45, 7) is 5.17. The number of Topliss-reactive ketones (excluding diaryl/α,β-unsaturated/α-hetero) is 1. The van der Waals surface area contributed by atoms with Crippen LogP contribution >= 0.6 is 0 Å². The van der Waals surface area contributed by atoms with Gasteiger partial charge in [0.1, 0.15) is 0 Å². The normalized spacial score (nSPS) is 13.0. The van der Waals surface area contributed by atoms with Crippen molar-refractivity contribution in [2.75, 3.05) is 0 Å². The lowest BCUT2D eigenvalue weighted by atomic mass is 10.2. The van der Waals surface area contributed by atoms with E-state index in [0.717, 1.165) is 10.4 Å². The van der Waals surface area contributed by atoms with Crippen LogP contribution in [0.5, 0.6) is 0 Å². The van der Waals surface area contributed by atoms with Gasteiger partial charge in [0, 0.05) is 0 Å². The van der Waals surface area contributed by atoms with E-state index in [1.807, 2.05) is 30.3 Å². The topological polar surface area (TPSA) is 17.1 Å². The minimum Gasteiger partial charge on any atom is -0.295 e. The quantitative estimate of drug-likeness (QED) is 0.651. The van der Waals surface area contributed by atoms with Crippen molar-refractivity contribution < 1.29 is 4.79 Å². The maximum absolute atomic E-state index is 10.9. The Morgan fingerprint density at radius 2 is 1.92 bits per heavy atom. The van der Waals surface area contributed by atoms with Crippen molar-refractivity contribution in [3.8, 4) is 0 Å². The van der Waals surface area contributed by atoms with E-state index in [1.165, 1.54) is 0 Å². The van der Waals surface area contributed by atoms with Gasteiger partial charge in [0.05, 0.1) is 0 Å². The van der Waals surface area contributed by atoms with E-state index in [-0.39, 0.29) is 5.78 Å². The summed E-state index contributed by atoms with van der Waals surface area (Å²) in [6.07, 6.45) is 5.22. The molecule has 0 aliphatic carbocycles. The maximum Gasteiger partial charge on any atom is 0.153 e. The van der Waals surface area contributed by atoms with E-state index in [4.69, 9.17) is 0 Å². The molecule has 0 saturated heterocycles. The lowest BCUT2D eigenvalue weighted by Gasteiger charge is -1.87. The zero-order valence-corrected chi connectivity index (χ0v) is 7.66. The summed E-state index contributed by atoms with van der Waals surface area (Å²) in [4.78, 5) is 10.9. The minimum atomic E-state index is 0.0601. The highest BCUT2D eigenvalue weighted by atomic mass is 16.1. The van der Waals surface area contributed by atoms with Crippen LogP contribution in [-0.4, -0.2) is 5.78 Å². The third-order valence-electron chi connectivity index (χ3n) is 1.65. The van der Waals surface area contributed by atoms with E-state index in [0.29, 0.717) is 0 Å². The second-order valence-corrected chi connectivity index (χ2v) is 2.79. The Labute approximate surface area is 77.7 Å². The number of hydrogen-bond donors (Lipinski definition) is 0. The molecule has 1 aromatic carbocycles. The molecule has 0 spiro atoms. The summed E-state index contributed by atoms with van der Waals surface area (Å²) in [6, 6.07) is 7.72. The highest BCUT2D eigenvalue weighted by molar-refractivity contribution is 6.04. The molecule has 0 aliphatic rings. The first kappa shape index (κ1) is 9.46. The zero-order valence-electron chi connectivity index (χ0n) is 7.66. The number of allylic oxidation sites excluding steroid dienone is 1. The molecule has 0 aliphatic heterocycles. The first-order valence-corrected chi connectivity index (χ1v) is 4.14. The molecule has 13 heavy (non-hydrogen) atoms. The van der Waals surface area contributed by atoms with Crippen LogP contribution in [0.25, 0.3) is 12.2 Å². The van der Waals surface area contributed by atoms with Gasteiger partial charge in [-0.1, -0.05) is 43.0 Å². The van der Waals surface area contributed by atoms with E-state index in [9.17, 15) is 4.79 Å². The number of benzene rings is 1. The van der Waals surface area contributed by atoms with Crippen LogP contribution in [0.15, 0.2) is 36.9 Å². The van der Waals surface area contributed by atoms with E-state index < -0.39 is 0 Å². The van der Waals surface area contributed by atoms with Gasteiger partial charge in [0.2, 0.25) is 0 Å². The molecular formula is C12H12O. The number of carbonyl (C=O) groups is 1. The third kappa shape index (κ3) is 2.71. The van der Waals surface area contributed by atoms with Crippen LogP contribution < -0.4 is 10.4 Å². The van der Waals surface area contributed by atoms with Gasteiger partial charge in [-0.15, -0.1) is 0 Å². The minimum absolute atomic E-state index is 0.0601. The van der Waals surface area contributed by atoms with Gasteiger partial charge in [0.25, 0.3) is 0 Å². The second kappa shape index (κ2) is 4.41. The number of hydrogen-bond acceptors (Lipinski definition) is 1. The maximum atomic E-state index is 10.9. The molecule has 0 saturated carbocycles. The number of ketones is 1. The van der Waals surface area contributed by atoms with Gasteiger partial charge in [-0.05, 0) is 23.4 Å². The Kier molecular flexibility index (Phi) is 3.21. The first-order chi connectivity index (χ1) is 6.24. The average Bonchev–Trinajstić information content (AvgIpc) is 2.08. The van der Waals surface area contributed by atoms with Gasteiger partial charge >= 0.3 is 0 Å². The molecule has 0 atom stereocenters. The Morgan fingerprint density at radius 1 is 1.31 bits per heavy atom. The summed E-state index contributed by atoms with van der Waals surface area (Å²) >= 11 is 0.